The van der Waals surface area contributed by atoms with Crippen molar-refractivity contribution >= 4 is 22.0 Å². The zero-order chi connectivity index (χ0) is 14.6. The molecule has 1 aliphatic rings. The van der Waals surface area contributed by atoms with Crippen molar-refractivity contribution in [1.29, 1.82) is 0 Å². The van der Waals surface area contributed by atoms with E-state index >= 15 is 0 Å². The van der Waals surface area contributed by atoms with Crippen LogP contribution in [-0.4, -0.2) is 39.2 Å². The quantitative estimate of drug-likeness (QED) is 0.650. The number of rotatable bonds is 4. The highest BCUT2D eigenvalue weighted by Crippen LogP contribution is 2.18. The van der Waals surface area contributed by atoms with E-state index < -0.39 is 15.8 Å². The molecule has 0 spiro atoms. The summed E-state index contributed by atoms with van der Waals surface area (Å²) in [5.74, 6) is -0.115. The highest BCUT2D eigenvalue weighted by atomic mass is 32.2. The monoisotopic (exact) mass is 296 g/mol. The van der Waals surface area contributed by atoms with Crippen LogP contribution in [0.1, 0.15) is 12.0 Å². The maximum Gasteiger partial charge on any atom is 0.244 e. The van der Waals surface area contributed by atoms with Gasteiger partial charge in [0.2, 0.25) is 5.91 Å². The third-order valence-corrected chi connectivity index (χ3v) is 4.88. The molecule has 0 aliphatic carbocycles. The number of hydrazone groups is 1. The van der Waals surface area contributed by atoms with Gasteiger partial charge in [-0.2, -0.15) is 5.10 Å². The van der Waals surface area contributed by atoms with Crippen LogP contribution in [0.2, 0.25) is 0 Å². The molecule has 1 aromatic rings. The van der Waals surface area contributed by atoms with Gasteiger partial charge in [0, 0.05) is 0 Å². The van der Waals surface area contributed by atoms with Crippen molar-refractivity contribution in [3.63, 3.8) is 0 Å². The molecule has 1 amide bonds. The Kier molecular flexibility index (Phi) is 4.39. The first-order valence-corrected chi connectivity index (χ1v) is 8.00. The number of benzene rings is 1. The molecule has 6 nitrogen and oxygen atoms in total. The lowest BCUT2D eigenvalue weighted by Gasteiger charge is -2.04. The molecule has 1 aliphatic heterocycles. The SMILES string of the molecule is COc1ccc(/C=N\NC(=O)[C@H]2CCS(=O)(=O)C2)cc1. The molecule has 1 heterocycles. The Morgan fingerprint density at radius 2 is 2.10 bits per heavy atom. The lowest BCUT2D eigenvalue weighted by atomic mass is 10.1. The van der Waals surface area contributed by atoms with Gasteiger partial charge < -0.3 is 4.74 Å². The van der Waals surface area contributed by atoms with Crippen LogP contribution in [0.3, 0.4) is 0 Å². The highest BCUT2D eigenvalue weighted by Gasteiger charge is 2.32. The van der Waals surface area contributed by atoms with E-state index in [2.05, 4.69) is 10.5 Å². The molecule has 7 heteroatoms. The lowest BCUT2D eigenvalue weighted by Crippen LogP contribution is -2.27. The molecule has 20 heavy (non-hydrogen) atoms. The molecular formula is C13H16N2O4S. The van der Waals surface area contributed by atoms with E-state index in [1.807, 2.05) is 0 Å². The van der Waals surface area contributed by atoms with Crippen molar-refractivity contribution in [3.05, 3.63) is 29.8 Å². The molecule has 0 bridgehead atoms. The van der Waals surface area contributed by atoms with Crippen LogP contribution in [0.4, 0.5) is 0 Å². The van der Waals surface area contributed by atoms with Crippen molar-refractivity contribution in [2.45, 2.75) is 6.42 Å². The summed E-state index contributed by atoms with van der Waals surface area (Å²) in [6.45, 7) is 0. The van der Waals surface area contributed by atoms with Gasteiger partial charge >= 0.3 is 0 Å². The molecule has 2 rings (SSSR count). The molecule has 1 atom stereocenters. The number of ether oxygens (including phenoxy) is 1. The van der Waals surface area contributed by atoms with Gasteiger partial charge in [-0.15, -0.1) is 0 Å². The molecule has 1 aromatic carbocycles. The summed E-state index contributed by atoms with van der Waals surface area (Å²) in [6.07, 6.45) is 1.87. The van der Waals surface area contributed by atoms with Gasteiger partial charge in [0.1, 0.15) is 5.75 Å². The van der Waals surface area contributed by atoms with Gasteiger partial charge in [-0.1, -0.05) is 0 Å². The van der Waals surface area contributed by atoms with E-state index in [-0.39, 0.29) is 17.4 Å². The number of nitrogens with one attached hydrogen (secondary N) is 1. The van der Waals surface area contributed by atoms with E-state index in [4.69, 9.17) is 4.74 Å². The molecule has 0 radical (unpaired) electrons. The Balaban J connectivity index is 1.88. The second-order valence-corrected chi connectivity index (χ2v) is 6.84. The third-order valence-electron chi connectivity index (χ3n) is 3.11. The van der Waals surface area contributed by atoms with Gasteiger partial charge in [0.05, 0.1) is 30.7 Å². The molecule has 1 saturated heterocycles. The van der Waals surface area contributed by atoms with Gasteiger partial charge in [0.15, 0.2) is 9.84 Å². The smallest absolute Gasteiger partial charge is 0.244 e. The summed E-state index contributed by atoms with van der Waals surface area (Å²) in [6, 6.07) is 7.17. The Labute approximate surface area is 117 Å². The minimum atomic E-state index is -3.05. The Hall–Kier alpha value is -1.89. The first kappa shape index (κ1) is 14.5. The zero-order valence-electron chi connectivity index (χ0n) is 11.1. The number of carbonyl (C=O) groups excluding carboxylic acids is 1. The van der Waals surface area contributed by atoms with Gasteiger partial charge in [-0.3, -0.25) is 4.79 Å². The largest absolute Gasteiger partial charge is 0.497 e. The van der Waals surface area contributed by atoms with Crippen LogP contribution in [0, 0.1) is 5.92 Å². The van der Waals surface area contributed by atoms with Crippen LogP contribution in [0.15, 0.2) is 29.4 Å². The molecule has 1 fully saturated rings. The van der Waals surface area contributed by atoms with Gasteiger partial charge in [0.25, 0.3) is 0 Å². The van der Waals surface area contributed by atoms with Crippen molar-refractivity contribution in [3.8, 4) is 5.75 Å². The summed E-state index contributed by atoms with van der Waals surface area (Å²) in [5.41, 5.74) is 3.18. The summed E-state index contributed by atoms with van der Waals surface area (Å²) in [7, 11) is -1.47. The number of hydrogen-bond acceptors (Lipinski definition) is 5. The second-order valence-electron chi connectivity index (χ2n) is 4.61. The number of amides is 1. The van der Waals surface area contributed by atoms with E-state index in [0.29, 0.717) is 6.42 Å². The summed E-state index contributed by atoms with van der Waals surface area (Å²) in [4.78, 5) is 11.7. The Morgan fingerprint density at radius 1 is 1.40 bits per heavy atom. The summed E-state index contributed by atoms with van der Waals surface area (Å²) in [5, 5.41) is 3.83. The lowest BCUT2D eigenvalue weighted by molar-refractivity contribution is -0.124. The number of methoxy groups -OCH3 is 1. The Bertz CT molecular complexity index is 608. The fraction of sp³-hybridized carbons (Fsp3) is 0.385. The first-order valence-electron chi connectivity index (χ1n) is 6.17. The van der Waals surface area contributed by atoms with Crippen molar-refractivity contribution < 1.29 is 17.9 Å². The van der Waals surface area contributed by atoms with Crippen LogP contribution in [-0.2, 0) is 14.6 Å². The molecule has 0 unspecified atom stereocenters. The van der Waals surface area contributed by atoms with Crippen LogP contribution in [0.25, 0.3) is 0 Å². The van der Waals surface area contributed by atoms with Crippen molar-refractivity contribution in [2.24, 2.45) is 11.0 Å². The van der Waals surface area contributed by atoms with Crippen LogP contribution >= 0.6 is 0 Å². The zero-order valence-corrected chi connectivity index (χ0v) is 11.9. The van der Waals surface area contributed by atoms with E-state index in [0.717, 1.165) is 11.3 Å². The average Bonchev–Trinajstić information content (AvgIpc) is 2.80. The van der Waals surface area contributed by atoms with Crippen molar-refractivity contribution in [1.82, 2.24) is 5.43 Å². The number of hydrogen-bond donors (Lipinski definition) is 1. The number of carbonyl (C=O) groups is 1. The summed E-state index contributed by atoms with van der Waals surface area (Å²) >= 11 is 0. The fourth-order valence-corrected chi connectivity index (χ4v) is 3.69. The van der Waals surface area contributed by atoms with Gasteiger partial charge in [-0.25, -0.2) is 13.8 Å². The first-order chi connectivity index (χ1) is 9.50. The topological polar surface area (TPSA) is 84.8 Å². The Morgan fingerprint density at radius 3 is 2.65 bits per heavy atom. The normalized spacial score (nSPS) is 20.9. The third kappa shape index (κ3) is 3.80. The fourth-order valence-electron chi connectivity index (χ4n) is 1.95. The molecule has 1 N–H and O–H groups in total. The van der Waals surface area contributed by atoms with Crippen LogP contribution < -0.4 is 10.2 Å². The maximum absolute atomic E-state index is 11.7. The van der Waals surface area contributed by atoms with E-state index in [1.54, 1.807) is 31.4 Å². The van der Waals surface area contributed by atoms with E-state index in [9.17, 15) is 13.2 Å². The van der Waals surface area contributed by atoms with Crippen LogP contribution in [0.5, 0.6) is 5.75 Å². The second kappa shape index (κ2) is 6.04. The van der Waals surface area contributed by atoms with Crippen molar-refractivity contribution in [2.75, 3.05) is 18.6 Å². The number of sulfone groups is 1. The molecule has 108 valence electrons. The van der Waals surface area contributed by atoms with Gasteiger partial charge in [-0.05, 0) is 36.2 Å². The minimum Gasteiger partial charge on any atom is -0.497 e. The standard InChI is InChI=1S/C13H16N2O4S/c1-19-12-4-2-10(3-5-12)8-14-15-13(16)11-6-7-20(17,18)9-11/h2-5,8,11H,6-7,9H2,1H3,(H,15,16)/b14-8-/t11-/m0/s1. The predicted octanol–water partition coefficient (Wildman–Crippen LogP) is 0.580. The molecule has 0 aromatic heterocycles. The molecule has 0 saturated carbocycles. The maximum atomic E-state index is 11.7. The predicted molar refractivity (Wildman–Crippen MR) is 75.5 cm³/mol. The summed E-state index contributed by atoms with van der Waals surface area (Å²) < 4.78 is 27.6. The highest BCUT2D eigenvalue weighted by molar-refractivity contribution is 7.91. The minimum absolute atomic E-state index is 0.0767. The average molecular weight is 296 g/mol. The molecular weight excluding hydrogens is 280 g/mol. The number of nitrogens with zero attached hydrogens (tertiary/aromatic N) is 1. The van der Waals surface area contributed by atoms with E-state index in [1.165, 1.54) is 6.21 Å².